The molecule has 4 atom stereocenters. The molecule has 2 aromatic carbocycles. The number of fused-ring (bicyclic) bond motifs is 1. The molecular formula is C28H37N5O3. The van der Waals surface area contributed by atoms with Gasteiger partial charge in [-0.15, -0.1) is 0 Å². The van der Waals surface area contributed by atoms with Crippen molar-refractivity contribution in [2.45, 2.75) is 56.4 Å². The third-order valence-electron chi connectivity index (χ3n) is 7.39. The topological polar surface area (TPSA) is 93.8 Å². The minimum absolute atomic E-state index is 0.0240. The van der Waals surface area contributed by atoms with E-state index in [0.29, 0.717) is 13.0 Å². The van der Waals surface area contributed by atoms with Crippen LogP contribution in [0.25, 0.3) is 0 Å². The summed E-state index contributed by atoms with van der Waals surface area (Å²) in [5.41, 5.74) is 1.97. The molecule has 8 heteroatoms. The van der Waals surface area contributed by atoms with E-state index in [0.717, 1.165) is 30.5 Å². The summed E-state index contributed by atoms with van der Waals surface area (Å²) in [6.07, 6.45) is 2.18. The van der Waals surface area contributed by atoms with Crippen molar-refractivity contribution in [3.63, 3.8) is 0 Å². The quantitative estimate of drug-likeness (QED) is 0.548. The molecule has 36 heavy (non-hydrogen) atoms. The number of carbonyl (C=O) groups is 3. The number of hydrogen-bond acceptors (Lipinski definition) is 5. The fourth-order valence-corrected chi connectivity index (χ4v) is 5.21. The van der Waals surface area contributed by atoms with Gasteiger partial charge in [0.2, 0.25) is 17.7 Å². The fourth-order valence-electron chi connectivity index (χ4n) is 5.21. The van der Waals surface area contributed by atoms with Gasteiger partial charge in [-0.25, -0.2) is 0 Å². The summed E-state index contributed by atoms with van der Waals surface area (Å²) in [6, 6.07) is 17.7. The predicted octanol–water partition coefficient (Wildman–Crippen LogP) is 1.68. The largest absolute Gasteiger partial charge is 0.343 e. The predicted molar refractivity (Wildman–Crippen MR) is 139 cm³/mol. The standard InChI is InChI=1S/C28H37N5O3/c1-19(29-2)26(34)30-23-18-32(3)17-16-22-14-15-24(33(22)28(23)36)27(35)31-25(20-10-6-4-7-11-20)21-12-8-5-9-13-21/h4-13,19,22-25,29H,14-18H2,1-3H3,(H,30,34)(H,31,35)/t19-,22+,23-,24+/m0/s1. The van der Waals surface area contributed by atoms with E-state index in [9.17, 15) is 14.4 Å². The SMILES string of the molecule is CN[C@@H](C)C(=O)N[C@H]1CN(C)CC[C@H]2CC[C@H](C(=O)NC(c3ccccc3)c3ccccc3)N2C1=O. The van der Waals surface area contributed by atoms with Crippen LogP contribution in [0.4, 0.5) is 0 Å². The van der Waals surface area contributed by atoms with Crippen LogP contribution >= 0.6 is 0 Å². The van der Waals surface area contributed by atoms with E-state index < -0.39 is 18.1 Å². The fraction of sp³-hybridized carbons (Fsp3) is 0.464. The summed E-state index contributed by atoms with van der Waals surface area (Å²) in [5.74, 6) is -0.572. The molecule has 0 aliphatic carbocycles. The first-order chi connectivity index (χ1) is 17.4. The van der Waals surface area contributed by atoms with Crippen LogP contribution in [0.3, 0.4) is 0 Å². The zero-order chi connectivity index (χ0) is 25.7. The zero-order valence-corrected chi connectivity index (χ0v) is 21.3. The van der Waals surface area contributed by atoms with Gasteiger partial charge in [-0.2, -0.15) is 0 Å². The Labute approximate surface area is 213 Å². The van der Waals surface area contributed by atoms with Crippen molar-refractivity contribution in [3.05, 3.63) is 71.8 Å². The second-order valence-corrected chi connectivity index (χ2v) is 9.88. The molecule has 0 spiro atoms. The van der Waals surface area contributed by atoms with E-state index in [-0.39, 0.29) is 29.8 Å². The molecule has 2 aliphatic heterocycles. The number of rotatable bonds is 7. The second kappa shape index (κ2) is 11.7. The highest BCUT2D eigenvalue weighted by Crippen LogP contribution is 2.30. The van der Waals surface area contributed by atoms with Gasteiger partial charge in [0.1, 0.15) is 12.1 Å². The van der Waals surface area contributed by atoms with Crippen LogP contribution in [0, 0.1) is 0 Å². The lowest BCUT2D eigenvalue weighted by Gasteiger charge is -2.38. The number of carbonyl (C=O) groups excluding carboxylic acids is 3. The summed E-state index contributed by atoms with van der Waals surface area (Å²) in [4.78, 5) is 44.0. The van der Waals surface area contributed by atoms with Crippen molar-refractivity contribution in [1.29, 1.82) is 0 Å². The first-order valence-electron chi connectivity index (χ1n) is 12.8. The molecule has 2 saturated heterocycles. The summed E-state index contributed by atoms with van der Waals surface area (Å²) < 4.78 is 0. The zero-order valence-electron chi connectivity index (χ0n) is 21.3. The van der Waals surface area contributed by atoms with E-state index in [1.54, 1.807) is 18.9 Å². The second-order valence-electron chi connectivity index (χ2n) is 9.88. The molecule has 2 heterocycles. The highest BCUT2D eigenvalue weighted by atomic mass is 16.2. The van der Waals surface area contributed by atoms with Gasteiger partial charge in [0.05, 0.1) is 12.1 Å². The summed E-state index contributed by atoms with van der Waals surface area (Å²) in [5, 5.41) is 9.07. The molecule has 2 aromatic rings. The Hall–Kier alpha value is -3.23. The van der Waals surface area contributed by atoms with Crippen molar-refractivity contribution in [3.8, 4) is 0 Å². The lowest BCUT2D eigenvalue weighted by molar-refractivity contribution is -0.145. The molecule has 0 unspecified atom stereocenters. The van der Waals surface area contributed by atoms with Crippen molar-refractivity contribution in [1.82, 2.24) is 25.8 Å². The lowest BCUT2D eigenvalue weighted by atomic mass is 9.98. The number of nitrogens with zero attached hydrogens (tertiary/aromatic N) is 2. The molecule has 2 fully saturated rings. The van der Waals surface area contributed by atoms with Crippen molar-refractivity contribution in [2.75, 3.05) is 27.2 Å². The van der Waals surface area contributed by atoms with Gasteiger partial charge in [0.15, 0.2) is 0 Å². The van der Waals surface area contributed by atoms with Crippen LogP contribution in [-0.2, 0) is 14.4 Å². The molecule has 0 radical (unpaired) electrons. The number of hydrogen-bond donors (Lipinski definition) is 3. The average molecular weight is 492 g/mol. The summed E-state index contributed by atoms with van der Waals surface area (Å²) in [7, 11) is 3.68. The Bertz CT molecular complexity index is 1010. The Morgan fingerprint density at radius 3 is 2.14 bits per heavy atom. The molecule has 0 saturated carbocycles. The molecule has 3 amide bonds. The van der Waals surface area contributed by atoms with Crippen molar-refractivity contribution >= 4 is 17.7 Å². The molecular weight excluding hydrogens is 454 g/mol. The lowest BCUT2D eigenvalue weighted by Crippen LogP contribution is -2.61. The monoisotopic (exact) mass is 491 g/mol. The van der Waals surface area contributed by atoms with Crippen LogP contribution in [0.5, 0.6) is 0 Å². The van der Waals surface area contributed by atoms with Crippen LogP contribution in [0.2, 0.25) is 0 Å². The maximum Gasteiger partial charge on any atom is 0.247 e. The average Bonchev–Trinajstić information content (AvgIpc) is 3.33. The van der Waals surface area contributed by atoms with E-state index in [1.165, 1.54) is 0 Å². The number of likely N-dealkylation sites (N-methyl/N-ethyl adjacent to an activating group) is 2. The normalized spacial score (nSPS) is 23.5. The maximum absolute atomic E-state index is 13.8. The Morgan fingerprint density at radius 1 is 0.944 bits per heavy atom. The van der Waals surface area contributed by atoms with Gasteiger partial charge in [0, 0.05) is 12.6 Å². The first-order valence-corrected chi connectivity index (χ1v) is 12.8. The van der Waals surface area contributed by atoms with Gasteiger partial charge in [-0.1, -0.05) is 60.7 Å². The minimum atomic E-state index is -0.700. The molecule has 3 N–H and O–H groups in total. The molecule has 0 bridgehead atoms. The third kappa shape index (κ3) is 5.77. The van der Waals surface area contributed by atoms with E-state index in [1.807, 2.05) is 67.7 Å². The van der Waals surface area contributed by atoms with Crippen LogP contribution in [0.1, 0.15) is 43.4 Å². The van der Waals surface area contributed by atoms with E-state index in [4.69, 9.17) is 0 Å². The summed E-state index contributed by atoms with van der Waals surface area (Å²) in [6.45, 7) is 2.97. The van der Waals surface area contributed by atoms with Gasteiger partial charge in [-0.05, 0) is 58.0 Å². The minimum Gasteiger partial charge on any atom is -0.343 e. The molecule has 0 aromatic heterocycles. The molecule has 8 nitrogen and oxygen atoms in total. The number of amides is 3. The van der Waals surface area contributed by atoms with Crippen molar-refractivity contribution in [2.24, 2.45) is 0 Å². The van der Waals surface area contributed by atoms with Crippen LogP contribution in [-0.4, -0.2) is 78.9 Å². The molecule has 192 valence electrons. The van der Waals surface area contributed by atoms with Gasteiger partial charge < -0.3 is 25.8 Å². The Kier molecular flexibility index (Phi) is 8.38. The highest BCUT2D eigenvalue weighted by Gasteiger charge is 2.45. The van der Waals surface area contributed by atoms with Crippen LogP contribution in [0.15, 0.2) is 60.7 Å². The summed E-state index contributed by atoms with van der Waals surface area (Å²) >= 11 is 0. The van der Waals surface area contributed by atoms with Gasteiger partial charge >= 0.3 is 0 Å². The van der Waals surface area contributed by atoms with E-state index >= 15 is 0 Å². The van der Waals surface area contributed by atoms with Crippen molar-refractivity contribution < 1.29 is 14.4 Å². The molecule has 4 rings (SSSR count). The number of benzene rings is 2. The Balaban J connectivity index is 1.57. The highest BCUT2D eigenvalue weighted by molar-refractivity contribution is 5.94. The van der Waals surface area contributed by atoms with E-state index in [2.05, 4.69) is 20.9 Å². The number of nitrogens with one attached hydrogen (secondary N) is 3. The van der Waals surface area contributed by atoms with Gasteiger partial charge in [-0.3, -0.25) is 14.4 Å². The smallest absolute Gasteiger partial charge is 0.247 e. The first kappa shape index (κ1) is 25.9. The maximum atomic E-state index is 13.8. The van der Waals surface area contributed by atoms with Crippen LogP contribution < -0.4 is 16.0 Å². The van der Waals surface area contributed by atoms with Gasteiger partial charge in [0.25, 0.3) is 0 Å². The molecule has 2 aliphatic rings. The Morgan fingerprint density at radius 2 is 1.56 bits per heavy atom. The third-order valence-corrected chi connectivity index (χ3v) is 7.39.